The first-order valence-electron chi connectivity index (χ1n) is 8.56. The number of carbonyl (C=O) groups is 1. The van der Waals surface area contributed by atoms with Crippen molar-refractivity contribution in [3.05, 3.63) is 69.4 Å². The van der Waals surface area contributed by atoms with Crippen LogP contribution in [-0.4, -0.2) is 22.6 Å². The summed E-state index contributed by atoms with van der Waals surface area (Å²) >= 11 is 3.01. The van der Waals surface area contributed by atoms with Crippen LogP contribution < -0.4 is 15.6 Å². The molecule has 1 N–H and O–H groups in total. The lowest BCUT2D eigenvalue weighted by atomic mass is 10.2. The number of thiophene rings is 2. The third kappa shape index (κ3) is 3.69. The highest BCUT2D eigenvalue weighted by atomic mass is 32.1. The second-order valence-electron chi connectivity index (χ2n) is 6.11. The topological polar surface area (TPSA) is 73.2 Å². The Morgan fingerprint density at radius 1 is 1.21 bits per heavy atom. The molecule has 4 rings (SSSR count). The maximum Gasteiger partial charge on any atom is 0.263 e. The third-order valence-electron chi connectivity index (χ3n) is 4.31. The van der Waals surface area contributed by atoms with Crippen molar-refractivity contribution in [3.63, 3.8) is 0 Å². The molecule has 0 spiro atoms. The van der Waals surface area contributed by atoms with Crippen LogP contribution in [-0.2, 0) is 17.9 Å². The van der Waals surface area contributed by atoms with Gasteiger partial charge in [-0.25, -0.2) is 4.98 Å². The van der Waals surface area contributed by atoms with Crippen molar-refractivity contribution in [1.29, 1.82) is 0 Å². The summed E-state index contributed by atoms with van der Waals surface area (Å²) < 4.78 is 6.48. The first-order chi connectivity index (χ1) is 13.7. The van der Waals surface area contributed by atoms with Crippen LogP contribution in [0.1, 0.15) is 5.56 Å². The monoisotopic (exact) mass is 411 g/mol. The number of ether oxygens (including phenoxy) is 1. The van der Waals surface area contributed by atoms with Crippen molar-refractivity contribution >= 4 is 38.8 Å². The van der Waals surface area contributed by atoms with Crippen LogP contribution in [0.5, 0.6) is 5.75 Å². The minimum Gasteiger partial charge on any atom is -0.497 e. The number of rotatable bonds is 6. The molecular weight excluding hydrogens is 394 g/mol. The average molecular weight is 412 g/mol. The van der Waals surface area contributed by atoms with Crippen LogP contribution in [0, 0.1) is 0 Å². The van der Waals surface area contributed by atoms with E-state index in [2.05, 4.69) is 10.3 Å². The molecule has 1 amide bonds. The summed E-state index contributed by atoms with van der Waals surface area (Å²) in [5.74, 6) is 0.519. The van der Waals surface area contributed by atoms with Crippen molar-refractivity contribution in [2.24, 2.45) is 0 Å². The fourth-order valence-electron chi connectivity index (χ4n) is 2.85. The highest BCUT2D eigenvalue weighted by Gasteiger charge is 2.15. The van der Waals surface area contributed by atoms with E-state index in [1.165, 1.54) is 22.2 Å². The molecule has 0 fully saturated rings. The molecule has 3 heterocycles. The molecule has 0 aliphatic heterocycles. The lowest BCUT2D eigenvalue weighted by Crippen LogP contribution is -2.32. The molecule has 3 aromatic heterocycles. The van der Waals surface area contributed by atoms with Gasteiger partial charge in [-0.1, -0.05) is 18.2 Å². The van der Waals surface area contributed by atoms with E-state index >= 15 is 0 Å². The lowest BCUT2D eigenvalue weighted by molar-refractivity contribution is -0.121. The normalized spacial score (nSPS) is 10.9. The number of aromatic nitrogens is 2. The number of carbonyl (C=O) groups excluding carboxylic acids is 1. The number of amides is 1. The summed E-state index contributed by atoms with van der Waals surface area (Å²) in [5.41, 5.74) is 1.63. The number of fused-ring (bicyclic) bond motifs is 1. The van der Waals surface area contributed by atoms with Crippen LogP contribution in [0.15, 0.2) is 58.3 Å². The second kappa shape index (κ2) is 7.95. The lowest BCUT2D eigenvalue weighted by Gasteiger charge is -2.08. The van der Waals surface area contributed by atoms with Crippen molar-refractivity contribution in [2.45, 2.75) is 13.1 Å². The Kier molecular flexibility index (Phi) is 5.23. The van der Waals surface area contributed by atoms with Gasteiger partial charge in [0.05, 0.1) is 18.8 Å². The van der Waals surface area contributed by atoms with Crippen LogP contribution in [0.4, 0.5) is 0 Å². The number of hydrogen-bond acceptors (Lipinski definition) is 6. The van der Waals surface area contributed by atoms with Gasteiger partial charge in [0.2, 0.25) is 5.91 Å². The Hall–Kier alpha value is -2.97. The number of benzene rings is 1. The molecule has 0 unspecified atom stereocenters. The highest BCUT2D eigenvalue weighted by Crippen LogP contribution is 2.33. The van der Waals surface area contributed by atoms with Gasteiger partial charge in [0.25, 0.3) is 5.56 Å². The van der Waals surface area contributed by atoms with Crippen LogP contribution in [0.3, 0.4) is 0 Å². The van der Waals surface area contributed by atoms with Crippen LogP contribution in [0.25, 0.3) is 20.7 Å². The molecule has 1 aromatic carbocycles. The molecule has 4 aromatic rings. The molecule has 8 heteroatoms. The van der Waals surface area contributed by atoms with Gasteiger partial charge < -0.3 is 10.1 Å². The van der Waals surface area contributed by atoms with Gasteiger partial charge >= 0.3 is 0 Å². The van der Waals surface area contributed by atoms with Crippen LogP contribution in [0.2, 0.25) is 0 Å². The van der Waals surface area contributed by atoms with Crippen molar-refractivity contribution in [1.82, 2.24) is 14.9 Å². The van der Waals surface area contributed by atoms with E-state index in [1.54, 1.807) is 18.4 Å². The number of methoxy groups -OCH3 is 1. The first-order valence-corrected chi connectivity index (χ1v) is 10.3. The van der Waals surface area contributed by atoms with Gasteiger partial charge in [-0.3, -0.25) is 14.2 Å². The molecule has 28 heavy (non-hydrogen) atoms. The summed E-state index contributed by atoms with van der Waals surface area (Å²) in [4.78, 5) is 31.3. The van der Waals surface area contributed by atoms with Gasteiger partial charge in [-0.05, 0) is 29.1 Å². The second-order valence-corrected chi connectivity index (χ2v) is 7.92. The SMILES string of the molecule is COc1ccc(CNC(=O)Cn2cnc3scc(-c4cccs4)c3c2=O)cc1. The molecule has 0 aliphatic carbocycles. The Morgan fingerprint density at radius 2 is 2.04 bits per heavy atom. The average Bonchev–Trinajstić information content (AvgIpc) is 3.38. The van der Waals surface area contributed by atoms with Gasteiger partial charge in [-0.2, -0.15) is 0 Å². The minimum atomic E-state index is -0.244. The third-order valence-corrected chi connectivity index (χ3v) is 6.10. The van der Waals surface area contributed by atoms with Gasteiger partial charge in [0.15, 0.2) is 0 Å². The summed E-state index contributed by atoms with van der Waals surface area (Å²) in [5, 5.41) is 7.32. The Bertz CT molecular complexity index is 1160. The van der Waals surface area contributed by atoms with Crippen molar-refractivity contribution in [2.75, 3.05) is 7.11 Å². The van der Waals surface area contributed by atoms with E-state index < -0.39 is 0 Å². The molecule has 0 bridgehead atoms. The Balaban J connectivity index is 1.51. The summed E-state index contributed by atoms with van der Waals surface area (Å²) in [7, 11) is 1.61. The van der Waals surface area contributed by atoms with Crippen LogP contribution >= 0.6 is 22.7 Å². The number of hydrogen-bond donors (Lipinski definition) is 1. The molecule has 0 saturated carbocycles. The van der Waals surface area contributed by atoms with Crippen molar-refractivity contribution < 1.29 is 9.53 Å². The fourth-order valence-corrected chi connectivity index (χ4v) is 4.57. The van der Waals surface area contributed by atoms with E-state index in [-0.39, 0.29) is 18.0 Å². The van der Waals surface area contributed by atoms with E-state index in [9.17, 15) is 9.59 Å². The maximum absolute atomic E-state index is 12.9. The predicted octanol–water partition coefficient (Wildman–Crippen LogP) is 3.51. The first kappa shape index (κ1) is 18.4. The molecule has 0 saturated heterocycles. The molecular formula is C20H17N3O3S2. The molecule has 0 radical (unpaired) electrons. The quantitative estimate of drug-likeness (QED) is 0.527. The standard InChI is InChI=1S/C20H17N3O3S2/c1-26-14-6-4-13(5-7-14)9-21-17(24)10-23-12-22-19-18(20(23)25)15(11-28-19)16-3-2-8-27-16/h2-8,11-12H,9-10H2,1H3,(H,21,24). The van der Waals surface area contributed by atoms with E-state index in [1.807, 2.05) is 47.2 Å². The van der Waals surface area contributed by atoms with Gasteiger partial charge in [-0.15, -0.1) is 22.7 Å². The Morgan fingerprint density at radius 3 is 2.75 bits per heavy atom. The van der Waals surface area contributed by atoms with E-state index in [4.69, 9.17) is 4.74 Å². The molecule has 0 aliphatic rings. The fraction of sp³-hybridized carbons (Fsp3) is 0.150. The summed E-state index contributed by atoms with van der Waals surface area (Å²) in [6.45, 7) is 0.309. The molecule has 142 valence electrons. The molecule has 6 nitrogen and oxygen atoms in total. The zero-order chi connectivity index (χ0) is 19.5. The van der Waals surface area contributed by atoms with E-state index in [0.29, 0.717) is 16.8 Å². The Labute approximate surface area is 169 Å². The zero-order valence-corrected chi connectivity index (χ0v) is 16.7. The van der Waals surface area contributed by atoms with Crippen molar-refractivity contribution in [3.8, 4) is 16.2 Å². The summed E-state index contributed by atoms with van der Waals surface area (Å²) in [6.07, 6.45) is 1.44. The minimum absolute atomic E-state index is 0.0718. The number of nitrogens with zero attached hydrogens (tertiary/aromatic N) is 2. The maximum atomic E-state index is 12.9. The van der Waals surface area contributed by atoms with Gasteiger partial charge in [0, 0.05) is 22.4 Å². The smallest absolute Gasteiger partial charge is 0.263 e. The predicted molar refractivity (Wildman–Crippen MR) is 112 cm³/mol. The zero-order valence-electron chi connectivity index (χ0n) is 15.0. The number of nitrogens with one attached hydrogen (secondary N) is 1. The summed E-state index contributed by atoms with van der Waals surface area (Å²) in [6, 6.07) is 11.4. The van der Waals surface area contributed by atoms with E-state index in [0.717, 1.165) is 21.8 Å². The van der Waals surface area contributed by atoms with Gasteiger partial charge in [0.1, 0.15) is 17.1 Å². The molecule has 0 atom stereocenters. The largest absolute Gasteiger partial charge is 0.497 e. The highest BCUT2D eigenvalue weighted by molar-refractivity contribution is 7.18.